The van der Waals surface area contributed by atoms with Gasteiger partial charge in [-0.05, 0) is 24.1 Å². The molecule has 0 radical (unpaired) electrons. The van der Waals surface area contributed by atoms with Crippen molar-refractivity contribution < 1.29 is 14.7 Å². The number of nitrogens with zero attached hydrogens (tertiary/aromatic N) is 1. The number of carbonyl (C=O) groups is 2. The number of carboxylic acids is 1. The van der Waals surface area contributed by atoms with E-state index in [-0.39, 0.29) is 12.1 Å². The third kappa shape index (κ3) is 4.44. The number of benzene rings is 1. The van der Waals surface area contributed by atoms with Crippen molar-refractivity contribution in [2.75, 3.05) is 18.0 Å². The molecule has 0 atom stereocenters. The van der Waals surface area contributed by atoms with Crippen molar-refractivity contribution in [2.24, 2.45) is 11.7 Å². The van der Waals surface area contributed by atoms with Gasteiger partial charge in [0.05, 0.1) is 22.8 Å². The zero-order valence-corrected chi connectivity index (χ0v) is 11.6. The molecule has 1 aromatic carbocycles. The number of halogens is 1. The highest BCUT2D eigenvalue weighted by Gasteiger charge is 2.15. The zero-order valence-electron chi connectivity index (χ0n) is 10.9. The molecule has 0 saturated carbocycles. The number of primary amides is 1. The fourth-order valence-electron chi connectivity index (χ4n) is 1.77. The zero-order chi connectivity index (χ0) is 14.6. The Bertz CT molecular complexity index is 489. The molecule has 0 spiro atoms. The average Bonchev–Trinajstić information content (AvgIpc) is 2.26. The molecule has 0 aliphatic carbocycles. The summed E-state index contributed by atoms with van der Waals surface area (Å²) in [7, 11) is 0. The molecular weight excluding hydrogens is 268 g/mol. The van der Waals surface area contributed by atoms with E-state index < -0.39 is 11.9 Å². The maximum absolute atomic E-state index is 11.1. The lowest BCUT2D eigenvalue weighted by Gasteiger charge is -2.26. The molecule has 0 heterocycles. The molecule has 0 unspecified atom stereocenters. The number of carboxylic acid groups (broad SMARTS) is 1. The van der Waals surface area contributed by atoms with Crippen molar-refractivity contribution in [3.8, 4) is 0 Å². The van der Waals surface area contributed by atoms with Crippen LogP contribution in [0.5, 0.6) is 0 Å². The molecule has 1 rings (SSSR count). The second kappa shape index (κ2) is 6.43. The Morgan fingerprint density at radius 3 is 2.47 bits per heavy atom. The van der Waals surface area contributed by atoms with Crippen LogP contribution in [0.4, 0.5) is 5.69 Å². The number of amides is 1. The number of hydrogen-bond acceptors (Lipinski definition) is 3. The van der Waals surface area contributed by atoms with Crippen LogP contribution >= 0.6 is 11.6 Å². The standard InChI is InChI=1S/C13H17ClN2O3/c1-8(2)6-16(7-12(15)17)11-4-3-9(13(18)19)5-10(11)14/h3-5,8H,6-7H2,1-2H3,(H2,15,17)(H,18,19). The van der Waals surface area contributed by atoms with E-state index in [9.17, 15) is 9.59 Å². The topological polar surface area (TPSA) is 83.6 Å². The van der Waals surface area contributed by atoms with Crippen LogP contribution in [0.25, 0.3) is 0 Å². The summed E-state index contributed by atoms with van der Waals surface area (Å²) >= 11 is 6.08. The monoisotopic (exact) mass is 284 g/mol. The maximum atomic E-state index is 11.1. The number of hydrogen-bond donors (Lipinski definition) is 2. The Hall–Kier alpha value is -1.75. The first-order valence-electron chi connectivity index (χ1n) is 5.87. The SMILES string of the molecule is CC(C)CN(CC(N)=O)c1ccc(C(=O)O)cc1Cl. The Labute approximate surface area is 117 Å². The van der Waals surface area contributed by atoms with Crippen LogP contribution < -0.4 is 10.6 Å². The Morgan fingerprint density at radius 2 is 2.05 bits per heavy atom. The number of carbonyl (C=O) groups excluding carboxylic acids is 1. The van der Waals surface area contributed by atoms with Crippen molar-refractivity contribution >= 4 is 29.2 Å². The van der Waals surface area contributed by atoms with Gasteiger partial charge >= 0.3 is 5.97 Å². The highest BCUT2D eigenvalue weighted by atomic mass is 35.5. The van der Waals surface area contributed by atoms with Gasteiger partial charge < -0.3 is 15.7 Å². The molecule has 0 saturated heterocycles. The van der Waals surface area contributed by atoms with Gasteiger partial charge in [-0.15, -0.1) is 0 Å². The van der Waals surface area contributed by atoms with E-state index in [0.29, 0.717) is 23.2 Å². The summed E-state index contributed by atoms with van der Waals surface area (Å²) < 4.78 is 0. The Balaban J connectivity index is 3.07. The van der Waals surface area contributed by atoms with Crippen LogP contribution in [-0.2, 0) is 4.79 Å². The van der Waals surface area contributed by atoms with Crippen molar-refractivity contribution in [3.05, 3.63) is 28.8 Å². The van der Waals surface area contributed by atoms with E-state index in [2.05, 4.69) is 0 Å². The van der Waals surface area contributed by atoms with E-state index in [1.54, 1.807) is 11.0 Å². The molecule has 0 aromatic heterocycles. The van der Waals surface area contributed by atoms with Crippen LogP contribution in [-0.4, -0.2) is 30.1 Å². The van der Waals surface area contributed by atoms with Gasteiger partial charge in [-0.2, -0.15) is 0 Å². The van der Waals surface area contributed by atoms with E-state index in [4.69, 9.17) is 22.4 Å². The van der Waals surface area contributed by atoms with E-state index >= 15 is 0 Å². The van der Waals surface area contributed by atoms with Crippen molar-refractivity contribution in [1.29, 1.82) is 0 Å². The molecule has 0 aliphatic heterocycles. The highest BCUT2D eigenvalue weighted by Crippen LogP contribution is 2.27. The predicted molar refractivity (Wildman–Crippen MR) is 74.7 cm³/mol. The molecular formula is C13H17ClN2O3. The van der Waals surface area contributed by atoms with Gasteiger partial charge in [0.25, 0.3) is 0 Å². The second-order valence-corrected chi connectivity index (χ2v) is 5.12. The third-order valence-electron chi connectivity index (χ3n) is 2.47. The summed E-state index contributed by atoms with van der Waals surface area (Å²) in [5.41, 5.74) is 5.94. The largest absolute Gasteiger partial charge is 0.478 e. The second-order valence-electron chi connectivity index (χ2n) is 4.71. The van der Waals surface area contributed by atoms with Crippen molar-refractivity contribution in [1.82, 2.24) is 0 Å². The van der Waals surface area contributed by atoms with Gasteiger partial charge in [0.2, 0.25) is 5.91 Å². The van der Waals surface area contributed by atoms with Crippen LogP contribution in [0.3, 0.4) is 0 Å². The first kappa shape index (κ1) is 15.3. The molecule has 6 heteroatoms. The number of aromatic carboxylic acids is 1. The number of nitrogens with two attached hydrogens (primary N) is 1. The molecule has 1 aromatic rings. The van der Waals surface area contributed by atoms with E-state index in [1.165, 1.54) is 12.1 Å². The molecule has 1 amide bonds. The smallest absolute Gasteiger partial charge is 0.335 e. The molecule has 19 heavy (non-hydrogen) atoms. The lowest BCUT2D eigenvalue weighted by atomic mass is 10.1. The first-order valence-corrected chi connectivity index (χ1v) is 6.25. The fourth-order valence-corrected chi connectivity index (χ4v) is 2.07. The summed E-state index contributed by atoms with van der Waals surface area (Å²) in [5, 5.41) is 9.18. The Morgan fingerprint density at radius 1 is 1.42 bits per heavy atom. The van der Waals surface area contributed by atoms with Crippen LogP contribution in [0, 0.1) is 5.92 Å². The summed E-state index contributed by atoms with van der Waals surface area (Å²) in [6.45, 7) is 4.67. The molecule has 104 valence electrons. The average molecular weight is 285 g/mol. The highest BCUT2D eigenvalue weighted by molar-refractivity contribution is 6.33. The minimum Gasteiger partial charge on any atom is -0.478 e. The van der Waals surface area contributed by atoms with Gasteiger partial charge in [-0.25, -0.2) is 4.79 Å². The van der Waals surface area contributed by atoms with Crippen LogP contribution in [0.1, 0.15) is 24.2 Å². The quantitative estimate of drug-likeness (QED) is 0.837. The van der Waals surface area contributed by atoms with Crippen molar-refractivity contribution in [3.63, 3.8) is 0 Å². The lowest BCUT2D eigenvalue weighted by molar-refractivity contribution is -0.116. The molecule has 5 nitrogen and oxygen atoms in total. The molecule has 0 bridgehead atoms. The third-order valence-corrected chi connectivity index (χ3v) is 2.77. The lowest BCUT2D eigenvalue weighted by Crippen LogP contribution is -2.36. The van der Waals surface area contributed by atoms with E-state index in [1.807, 2.05) is 13.8 Å². The minimum atomic E-state index is -1.04. The van der Waals surface area contributed by atoms with Crippen LogP contribution in [0.2, 0.25) is 5.02 Å². The van der Waals surface area contributed by atoms with E-state index in [0.717, 1.165) is 0 Å². The molecule has 3 N–H and O–H groups in total. The first-order chi connectivity index (χ1) is 8.81. The summed E-state index contributed by atoms with van der Waals surface area (Å²) in [6.07, 6.45) is 0. The van der Waals surface area contributed by atoms with Gasteiger partial charge in [0.1, 0.15) is 0 Å². The molecule has 0 aliphatic rings. The predicted octanol–water partition coefficient (Wildman–Crippen LogP) is 1.99. The summed E-state index contributed by atoms with van der Waals surface area (Å²) in [6, 6.07) is 4.42. The minimum absolute atomic E-state index is 0.0460. The fraction of sp³-hybridized carbons (Fsp3) is 0.385. The Kier molecular flexibility index (Phi) is 5.18. The molecule has 0 fully saturated rings. The van der Waals surface area contributed by atoms with Gasteiger partial charge in [-0.3, -0.25) is 4.79 Å². The van der Waals surface area contributed by atoms with Gasteiger partial charge in [0.15, 0.2) is 0 Å². The maximum Gasteiger partial charge on any atom is 0.335 e. The van der Waals surface area contributed by atoms with Crippen LogP contribution in [0.15, 0.2) is 18.2 Å². The summed E-state index contributed by atoms with van der Waals surface area (Å²) in [5.74, 6) is -1.19. The normalized spacial score (nSPS) is 10.5. The number of anilines is 1. The van der Waals surface area contributed by atoms with Gasteiger partial charge in [0, 0.05) is 6.54 Å². The summed E-state index contributed by atoms with van der Waals surface area (Å²) in [4.78, 5) is 23.7. The van der Waals surface area contributed by atoms with Gasteiger partial charge in [-0.1, -0.05) is 25.4 Å². The number of rotatable bonds is 6. The van der Waals surface area contributed by atoms with Crippen molar-refractivity contribution in [2.45, 2.75) is 13.8 Å².